The van der Waals surface area contributed by atoms with Crippen LogP contribution in [-0.4, -0.2) is 29.8 Å². The number of primary amides is 1. The van der Waals surface area contributed by atoms with Crippen molar-refractivity contribution in [1.82, 2.24) is 10.6 Å². The predicted octanol–water partition coefficient (Wildman–Crippen LogP) is 0.638. The Labute approximate surface area is 138 Å². The number of carbonyl (C=O) groups is 3. The Kier molecular flexibility index (Phi) is 6.82. The van der Waals surface area contributed by atoms with Crippen LogP contribution in [0.4, 0.5) is 8.78 Å². The summed E-state index contributed by atoms with van der Waals surface area (Å²) in [7, 11) is 0. The first-order chi connectivity index (χ1) is 11.1. The van der Waals surface area contributed by atoms with Crippen molar-refractivity contribution < 1.29 is 23.2 Å². The third-order valence-corrected chi connectivity index (χ3v) is 3.33. The van der Waals surface area contributed by atoms with Crippen molar-refractivity contribution >= 4 is 17.7 Å². The third kappa shape index (κ3) is 5.94. The molecule has 0 spiro atoms. The molecule has 0 saturated heterocycles. The first-order valence-corrected chi connectivity index (χ1v) is 7.44. The van der Waals surface area contributed by atoms with Crippen molar-refractivity contribution in [2.75, 3.05) is 0 Å². The maximum Gasteiger partial charge on any atom is 0.242 e. The summed E-state index contributed by atoms with van der Waals surface area (Å²) in [5.41, 5.74) is 5.35. The highest BCUT2D eigenvalue weighted by Crippen LogP contribution is 2.08. The summed E-state index contributed by atoms with van der Waals surface area (Å²) in [5, 5.41) is 4.86. The number of hydrogen-bond acceptors (Lipinski definition) is 3. The van der Waals surface area contributed by atoms with Gasteiger partial charge < -0.3 is 16.4 Å². The molecular weight excluding hydrogens is 320 g/mol. The van der Waals surface area contributed by atoms with Crippen molar-refractivity contribution in [3.8, 4) is 0 Å². The van der Waals surface area contributed by atoms with E-state index in [-0.39, 0.29) is 17.9 Å². The molecule has 0 aliphatic heterocycles. The molecule has 1 aromatic rings. The van der Waals surface area contributed by atoms with Gasteiger partial charge in [-0.05, 0) is 30.5 Å². The van der Waals surface area contributed by atoms with E-state index < -0.39 is 41.4 Å². The smallest absolute Gasteiger partial charge is 0.242 e. The molecule has 132 valence electrons. The molecular formula is C16H21F2N3O3. The van der Waals surface area contributed by atoms with Gasteiger partial charge in [-0.2, -0.15) is 0 Å². The molecule has 2 atom stereocenters. The summed E-state index contributed by atoms with van der Waals surface area (Å²) in [5.74, 6) is -3.61. The van der Waals surface area contributed by atoms with Crippen LogP contribution in [0.5, 0.6) is 0 Å². The summed E-state index contributed by atoms with van der Waals surface area (Å²) in [6, 6.07) is 0.989. The quantitative estimate of drug-likeness (QED) is 0.678. The van der Waals surface area contributed by atoms with Gasteiger partial charge in [0.25, 0.3) is 0 Å². The lowest BCUT2D eigenvalue weighted by atomic mass is 10.0. The molecule has 8 heteroatoms. The van der Waals surface area contributed by atoms with E-state index in [0.29, 0.717) is 6.07 Å². The summed E-state index contributed by atoms with van der Waals surface area (Å²) in [6.45, 7) is 4.87. The average Bonchev–Trinajstić information content (AvgIpc) is 2.42. The van der Waals surface area contributed by atoms with E-state index in [1.807, 2.05) is 0 Å². The topological polar surface area (TPSA) is 101 Å². The van der Waals surface area contributed by atoms with Crippen LogP contribution >= 0.6 is 0 Å². The number of halogens is 2. The van der Waals surface area contributed by atoms with E-state index in [1.165, 1.54) is 6.92 Å². The van der Waals surface area contributed by atoms with Crippen molar-refractivity contribution in [2.45, 2.75) is 39.3 Å². The maximum atomic E-state index is 13.1. The van der Waals surface area contributed by atoms with Crippen LogP contribution in [0, 0.1) is 17.6 Å². The van der Waals surface area contributed by atoms with E-state index >= 15 is 0 Å². The van der Waals surface area contributed by atoms with Crippen molar-refractivity contribution in [2.24, 2.45) is 11.7 Å². The molecule has 24 heavy (non-hydrogen) atoms. The van der Waals surface area contributed by atoms with Crippen LogP contribution in [0.1, 0.15) is 26.3 Å². The monoisotopic (exact) mass is 341 g/mol. The molecule has 3 amide bonds. The molecule has 0 aromatic heterocycles. The van der Waals surface area contributed by atoms with Crippen LogP contribution in [0.2, 0.25) is 0 Å². The Hall–Kier alpha value is -2.51. The first-order valence-electron chi connectivity index (χ1n) is 7.44. The Morgan fingerprint density at radius 2 is 1.58 bits per heavy atom. The van der Waals surface area contributed by atoms with E-state index in [2.05, 4.69) is 10.6 Å². The van der Waals surface area contributed by atoms with Gasteiger partial charge in [-0.25, -0.2) is 8.78 Å². The number of amides is 3. The van der Waals surface area contributed by atoms with Crippen LogP contribution in [0.3, 0.4) is 0 Å². The van der Waals surface area contributed by atoms with Crippen molar-refractivity contribution in [3.63, 3.8) is 0 Å². The van der Waals surface area contributed by atoms with Gasteiger partial charge in [-0.3, -0.25) is 14.4 Å². The molecule has 0 aliphatic carbocycles. The number of nitrogens with two attached hydrogens (primary N) is 1. The molecule has 6 nitrogen and oxygen atoms in total. The highest BCUT2D eigenvalue weighted by atomic mass is 19.1. The number of nitrogens with one attached hydrogen (secondary N) is 2. The van der Waals surface area contributed by atoms with Crippen LogP contribution < -0.4 is 16.4 Å². The van der Waals surface area contributed by atoms with Crippen molar-refractivity contribution in [3.05, 3.63) is 35.4 Å². The fourth-order valence-corrected chi connectivity index (χ4v) is 2.10. The van der Waals surface area contributed by atoms with Gasteiger partial charge in [0.1, 0.15) is 23.7 Å². The molecule has 0 saturated carbocycles. The van der Waals surface area contributed by atoms with E-state index in [4.69, 9.17) is 5.73 Å². The predicted molar refractivity (Wildman–Crippen MR) is 83.6 cm³/mol. The Bertz CT molecular complexity index is 615. The Balaban J connectivity index is 2.62. The highest BCUT2D eigenvalue weighted by molar-refractivity contribution is 5.91. The van der Waals surface area contributed by atoms with Gasteiger partial charge in [0.05, 0.1) is 6.42 Å². The lowest BCUT2D eigenvalue weighted by Crippen LogP contribution is -2.53. The van der Waals surface area contributed by atoms with Gasteiger partial charge in [0, 0.05) is 6.07 Å². The van der Waals surface area contributed by atoms with E-state index in [1.54, 1.807) is 13.8 Å². The highest BCUT2D eigenvalue weighted by Gasteiger charge is 2.25. The minimum absolute atomic E-state index is 0.148. The normalized spacial score (nSPS) is 13.2. The minimum atomic E-state index is -0.934. The summed E-state index contributed by atoms with van der Waals surface area (Å²) >= 11 is 0. The van der Waals surface area contributed by atoms with Gasteiger partial charge in [-0.15, -0.1) is 0 Å². The number of carbonyl (C=O) groups excluding carboxylic acids is 3. The zero-order valence-electron chi connectivity index (χ0n) is 13.7. The van der Waals surface area contributed by atoms with Gasteiger partial charge in [0.2, 0.25) is 17.7 Å². The second kappa shape index (κ2) is 8.37. The zero-order valence-corrected chi connectivity index (χ0v) is 13.7. The average molecular weight is 341 g/mol. The Morgan fingerprint density at radius 3 is 2.04 bits per heavy atom. The summed E-state index contributed by atoms with van der Waals surface area (Å²) < 4.78 is 26.2. The van der Waals surface area contributed by atoms with Gasteiger partial charge in [0.15, 0.2) is 0 Å². The second-order valence-electron chi connectivity index (χ2n) is 5.88. The Morgan fingerprint density at radius 1 is 1.04 bits per heavy atom. The van der Waals surface area contributed by atoms with E-state index in [9.17, 15) is 23.2 Å². The number of benzene rings is 1. The van der Waals surface area contributed by atoms with Gasteiger partial charge >= 0.3 is 0 Å². The summed E-state index contributed by atoms with van der Waals surface area (Å²) in [6.07, 6.45) is -0.282. The molecule has 4 N–H and O–H groups in total. The molecule has 0 aliphatic rings. The largest absolute Gasteiger partial charge is 0.368 e. The molecule has 0 unspecified atom stereocenters. The zero-order chi connectivity index (χ0) is 18.4. The van der Waals surface area contributed by atoms with Crippen LogP contribution in [0.15, 0.2) is 18.2 Å². The lowest BCUT2D eigenvalue weighted by molar-refractivity contribution is -0.131. The van der Waals surface area contributed by atoms with Crippen LogP contribution in [-0.2, 0) is 20.8 Å². The first kappa shape index (κ1) is 19.5. The summed E-state index contributed by atoms with van der Waals surface area (Å²) in [4.78, 5) is 35.2. The lowest BCUT2D eigenvalue weighted by Gasteiger charge is -2.21. The number of rotatable bonds is 7. The minimum Gasteiger partial charge on any atom is -0.368 e. The van der Waals surface area contributed by atoms with Gasteiger partial charge in [-0.1, -0.05) is 13.8 Å². The molecule has 0 bridgehead atoms. The third-order valence-electron chi connectivity index (χ3n) is 3.33. The fourth-order valence-electron chi connectivity index (χ4n) is 2.10. The molecule has 1 aromatic carbocycles. The molecule has 1 rings (SSSR count). The van der Waals surface area contributed by atoms with E-state index in [0.717, 1.165) is 12.1 Å². The number of hydrogen-bond donors (Lipinski definition) is 3. The SMILES string of the molecule is CC(C)[C@H](NC(=O)[C@H](C)NC(=O)Cc1cc(F)cc(F)c1)C(N)=O. The fraction of sp³-hybridized carbons (Fsp3) is 0.438. The second-order valence-corrected chi connectivity index (χ2v) is 5.88. The van der Waals surface area contributed by atoms with Crippen molar-refractivity contribution in [1.29, 1.82) is 0 Å². The van der Waals surface area contributed by atoms with Crippen LogP contribution in [0.25, 0.3) is 0 Å². The molecule has 0 heterocycles. The maximum absolute atomic E-state index is 13.1. The standard InChI is InChI=1S/C16H21F2N3O3/c1-8(2)14(15(19)23)21-16(24)9(3)20-13(22)6-10-4-11(17)7-12(18)5-10/h4-5,7-9,14H,6H2,1-3H3,(H2,19,23)(H,20,22)(H,21,24)/t9-,14-/m0/s1. The molecule has 0 radical (unpaired) electrons. The molecule has 0 fully saturated rings.